The number of amides is 1. The SMILES string of the molecule is Cc1cc(C(=O)Nc2ccccc2S(=O)(=O)C(F)F)c2c(C)nn(C)c2n1. The van der Waals surface area contributed by atoms with Crippen molar-refractivity contribution in [1.82, 2.24) is 14.8 Å². The predicted molar refractivity (Wildman–Crippen MR) is 95.6 cm³/mol. The molecule has 0 spiro atoms. The zero-order chi connectivity index (χ0) is 19.9. The lowest BCUT2D eigenvalue weighted by atomic mass is 10.1. The van der Waals surface area contributed by atoms with Gasteiger partial charge >= 0.3 is 5.76 Å². The molecule has 1 N–H and O–H groups in total. The van der Waals surface area contributed by atoms with Gasteiger partial charge in [-0.05, 0) is 32.0 Å². The summed E-state index contributed by atoms with van der Waals surface area (Å²) in [7, 11) is -3.18. The molecule has 3 aromatic rings. The minimum absolute atomic E-state index is 0.216. The number of sulfone groups is 1. The second-order valence-corrected chi connectivity index (χ2v) is 7.86. The molecule has 142 valence electrons. The molecule has 3 rings (SSSR count). The summed E-state index contributed by atoms with van der Waals surface area (Å²) in [6.45, 7) is 3.42. The Kier molecular flexibility index (Phi) is 4.68. The van der Waals surface area contributed by atoms with Crippen LogP contribution in [0.5, 0.6) is 0 Å². The number of fused-ring (bicyclic) bond motifs is 1. The summed E-state index contributed by atoms with van der Waals surface area (Å²) in [6.07, 6.45) is 0. The Morgan fingerprint density at radius 3 is 2.56 bits per heavy atom. The number of anilines is 1. The number of carbonyl (C=O) groups excluding carboxylic acids is 1. The lowest BCUT2D eigenvalue weighted by Gasteiger charge is -2.12. The van der Waals surface area contributed by atoms with Gasteiger partial charge in [0.15, 0.2) is 5.65 Å². The Morgan fingerprint density at radius 1 is 1.22 bits per heavy atom. The van der Waals surface area contributed by atoms with Crippen LogP contribution in [0.15, 0.2) is 35.2 Å². The average Bonchev–Trinajstić information content (AvgIpc) is 2.88. The number of nitrogens with zero attached hydrogens (tertiary/aromatic N) is 3. The first-order chi connectivity index (χ1) is 12.6. The fraction of sp³-hybridized carbons (Fsp3) is 0.235. The average molecular weight is 394 g/mol. The standard InChI is InChI=1S/C17H16F2N4O3S/c1-9-8-11(14-10(2)22-23(3)15(14)20-9)16(24)21-12-6-4-5-7-13(12)27(25,26)17(18)19/h4-8,17H,1-3H3,(H,21,24). The zero-order valence-electron chi connectivity index (χ0n) is 14.7. The molecule has 10 heteroatoms. The van der Waals surface area contributed by atoms with Crippen LogP contribution < -0.4 is 5.32 Å². The highest BCUT2D eigenvalue weighted by atomic mass is 32.2. The van der Waals surface area contributed by atoms with Gasteiger partial charge in [0.2, 0.25) is 9.84 Å². The van der Waals surface area contributed by atoms with Crippen molar-refractivity contribution in [3.63, 3.8) is 0 Å². The molecule has 1 amide bonds. The van der Waals surface area contributed by atoms with Gasteiger partial charge in [0.05, 0.1) is 27.2 Å². The molecule has 0 unspecified atom stereocenters. The van der Waals surface area contributed by atoms with Gasteiger partial charge in [-0.1, -0.05) is 12.1 Å². The van der Waals surface area contributed by atoms with Crippen LogP contribution in [0, 0.1) is 13.8 Å². The molecule has 2 aromatic heterocycles. The normalized spacial score (nSPS) is 11.9. The van der Waals surface area contributed by atoms with E-state index in [1.165, 1.54) is 28.9 Å². The lowest BCUT2D eigenvalue weighted by molar-refractivity contribution is 0.102. The van der Waals surface area contributed by atoms with Crippen LogP contribution in [0.3, 0.4) is 0 Å². The van der Waals surface area contributed by atoms with Gasteiger partial charge in [-0.3, -0.25) is 9.48 Å². The van der Waals surface area contributed by atoms with Crippen LogP contribution in [-0.4, -0.2) is 34.8 Å². The molecule has 0 atom stereocenters. The number of hydrogen-bond acceptors (Lipinski definition) is 5. The van der Waals surface area contributed by atoms with E-state index in [1.807, 2.05) is 0 Å². The molecule has 1 aromatic carbocycles. The summed E-state index contributed by atoms with van der Waals surface area (Å²) in [5.74, 6) is -4.23. The maximum Gasteiger partial charge on any atom is 0.341 e. The van der Waals surface area contributed by atoms with Crippen molar-refractivity contribution in [2.45, 2.75) is 24.5 Å². The van der Waals surface area contributed by atoms with E-state index in [9.17, 15) is 22.0 Å². The molecule has 0 saturated heterocycles. The molecule has 0 aliphatic heterocycles. The number of para-hydroxylation sites is 1. The number of pyridine rings is 1. The monoisotopic (exact) mass is 394 g/mol. The van der Waals surface area contributed by atoms with Crippen molar-refractivity contribution in [2.24, 2.45) is 7.05 Å². The Labute approximate surface area is 153 Å². The van der Waals surface area contributed by atoms with E-state index in [0.717, 1.165) is 6.07 Å². The number of carbonyl (C=O) groups is 1. The maximum atomic E-state index is 12.9. The van der Waals surface area contributed by atoms with Crippen LogP contribution in [0.2, 0.25) is 0 Å². The molecule has 0 fully saturated rings. The largest absolute Gasteiger partial charge is 0.341 e. The van der Waals surface area contributed by atoms with Gasteiger partial charge in [0.1, 0.15) is 0 Å². The Morgan fingerprint density at radius 2 is 1.89 bits per heavy atom. The molecular formula is C17H16F2N4O3S. The van der Waals surface area contributed by atoms with E-state index < -0.39 is 26.4 Å². The molecule has 27 heavy (non-hydrogen) atoms. The number of alkyl halides is 2. The van der Waals surface area contributed by atoms with E-state index in [1.54, 1.807) is 20.9 Å². The minimum atomic E-state index is -4.87. The summed E-state index contributed by atoms with van der Waals surface area (Å²) in [5, 5.41) is 7.18. The summed E-state index contributed by atoms with van der Waals surface area (Å²) >= 11 is 0. The van der Waals surface area contributed by atoms with Crippen molar-refractivity contribution in [1.29, 1.82) is 0 Å². The smallest absolute Gasteiger partial charge is 0.321 e. The molecule has 7 nitrogen and oxygen atoms in total. The van der Waals surface area contributed by atoms with E-state index in [0.29, 0.717) is 22.4 Å². The molecule has 0 radical (unpaired) electrons. The maximum absolute atomic E-state index is 12.9. The predicted octanol–water partition coefficient (Wildman–Crippen LogP) is 2.83. The van der Waals surface area contributed by atoms with Crippen molar-refractivity contribution in [3.8, 4) is 0 Å². The number of hydrogen-bond donors (Lipinski definition) is 1. The van der Waals surface area contributed by atoms with Crippen molar-refractivity contribution < 1.29 is 22.0 Å². The van der Waals surface area contributed by atoms with Crippen molar-refractivity contribution in [3.05, 3.63) is 47.3 Å². The van der Waals surface area contributed by atoms with Crippen LogP contribution in [0.1, 0.15) is 21.7 Å². The first-order valence-electron chi connectivity index (χ1n) is 7.86. The van der Waals surface area contributed by atoms with Gasteiger partial charge in [-0.2, -0.15) is 13.9 Å². The van der Waals surface area contributed by atoms with E-state index in [2.05, 4.69) is 15.4 Å². The molecule has 2 heterocycles. The Bertz CT molecular complexity index is 1160. The fourth-order valence-corrected chi connectivity index (χ4v) is 3.74. The van der Waals surface area contributed by atoms with Gasteiger partial charge in [-0.25, -0.2) is 13.4 Å². The highest BCUT2D eigenvalue weighted by molar-refractivity contribution is 7.91. The number of nitrogens with one attached hydrogen (secondary N) is 1. The van der Waals surface area contributed by atoms with Crippen LogP contribution in [0.25, 0.3) is 11.0 Å². The minimum Gasteiger partial charge on any atom is -0.321 e. The highest BCUT2D eigenvalue weighted by Crippen LogP contribution is 2.28. The second-order valence-electron chi connectivity index (χ2n) is 5.97. The second kappa shape index (κ2) is 6.69. The van der Waals surface area contributed by atoms with E-state index in [-0.39, 0.29) is 11.3 Å². The highest BCUT2D eigenvalue weighted by Gasteiger charge is 2.30. The summed E-state index contributed by atoms with van der Waals surface area (Å²) < 4.78 is 51.1. The summed E-state index contributed by atoms with van der Waals surface area (Å²) in [5.41, 5.74) is 1.63. The van der Waals surface area contributed by atoms with E-state index in [4.69, 9.17) is 0 Å². The van der Waals surface area contributed by atoms with E-state index >= 15 is 0 Å². The molecule has 0 bridgehead atoms. The Hall–Kier alpha value is -2.88. The fourth-order valence-electron chi connectivity index (χ4n) is 2.85. The van der Waals surface area contributed by atoms with Crippen molar-refractivity contribution in [2.75, 3.05) is 5.32 Å². The number of aryl methyl sites for hydroxylation is 3. The van der Waals surface area contributed by atoms with Gasteiger partial charge in [0, 0.05) is 12.7 Å². The third-order valence-electron chi connectivity index (χ3n) is 4.02. The third-order valence-corrected chi connectivity index (χ3v) is 5.46. The number of aromatic nitrogens is 3. The van der Waals surface area contributed by atoms with Crippen LogP contribution in [-0.2, 0) is 16.9 Å². The summed E-state index contributed by atoms with van der Waals surface area (Å²) in [4.78, 5) is 16.5. The molecular weight excluding hydrogens is 378 g/mol. The quantitative estimate of drug-likeness (QED) is 0.734. The number of rotatable bonds is 4. The number of benzene rings is 1. The summed E-state index contributed by atoms with van der Waals surface area (Å²) in [6, 6.07) is 6.58. The molecule has 0 saturated carbocycles. The third kappa shape index (κ3) is 3.27. The number of halogens is 2. The van der Waals surface area contributed by atoms with Gasteiger partial charge in [0.25, 0.3) is 5.91 Å². The molecule has 0 aliphatic carbocycles. The first-order valence-corrected chi connectivity index (χ1v) is 9.41. The molecule has 0 aliphatic rings. The van der Waals surface area contributed by atoms with Crippen molar-refractivity contribution >= 4 is 32.5 Å². The van der Waals surface area contributed by atoms with Crippen LogP contribution >= 0.6 is 0 Å². The van der Waals surface area contributed by atoms with Gasteiger partial charge in [-0.15, -0.1) is 0 Å². The lowest BCUT2D eigenvalue weighted by Crippen LogP contribution is -2.18. The van der Waals surface area contributed by atoms with Crippen LogP contribution in [0.4, 0.5) is 14.5 Å². The first kappa shape index (κ1) is 18.9. The Balaban J connectivity index is 2.10. The van der Waals surface area contributed by atoms with Gasteiger partial charge < -0.3 is 5.32 Å². The zero-order valence-corrected chi connectivity index (χ0v) is 15.5. The topological polar surface area (TPSA) is 94.0 Å².